The summed E-state index contributed by atoms with van der Waals surface area (Å²) in [7, 11) is 0. The van der Waals surface area contributed by atoms with Crippen LogP contribution in [0.15, 0.2) is 54.6 Å². The van der Waals surface area contributed by atoms with Gasteiger partial charge in [-0.1, -0.05) is 24.3 Å². The van der Waals surface area contributed by atoms with Crippen LogP contribution in [0, 0.1) is 13.8 Å². The summed E-state index contributed by atoms with van der Waals surface area (Å²) in [5.74, 6) is 1.00. The molecule has 1 saturated heterocycles. The van der Waals surface area contributed by atoms with Gasteiger partial charge in [-0.25, -0.2) is 9.67 Å². The van der Waals surface area contributed by atoms with Crippen LogP contribution in [0.4, 0.5) is 5.82 Å². The molecule has 0 bridgehead atoms. The standard InChI is InChI=1S/C21H23N5O/c1-16-7-6-10-20(22-16)24-11-13-25(14-12-24)21(27)19-15-17(2)23-26(19)18-8-4-3-5-9-18/h3-10,15H,11-14H2,1-2H3. The molecule has 6 nitrogen and oxygen atoms in total. The number of carbonyl (C=O) groups is 1. The van der Waals surface area contributed by atoms with Crippen molar-refractivity contribution in [1.29, 1.82) is 0 Å². The van der Waals surface area contributed by atoms with Crippen molar-refractivity contribution in [2.24, 2.45) is 0 Å². The first-order chi connectivity index (χ1) is 13.1. The Morgan fingerprint density at radius 3 is 2.33 bits per heavy atom. The predicted octanol–water partition coefficient (Wildman–Crippen LogP) is 2.85. The number of hydrogen-bond donors (Lipinski definition) is 0. The summed E-state index contributed by atoms with van der Waals surface area (Å²) in [6.45, 7) is 6.82. The lowest BCUT2D eigenvalue weighted by Crippen LogP contribution is -2.49. The number of para-hydroxylation sites is 1. The van der Waals surface area contributed by atoms with E-state index in [0.29, 0.717) is 18.8 Å². The van der Waals surface area contributed by atoms with E-state index in [1.165, 1.54) is 0 Å². The summed E-state index contributed by atoms with van der Waals surface area (Å²) in [6, 6.07) is 17.7. The van der Waals surface area contributed by atoms with E-state index in [4.69, 9.17) is 0 Å². The van der Waals surface area contributed by atoms with E-state index in [1.54, 1.807) is 4.68 Å². The zero-order valence-corrected chi connectivity index (χ0v) is 15.7. The average molecular weight is 361 g/mol. The van der Waals surface area contributed by atoms with Gasteiger partial charge in [-0.2, -0.15) is 5.10 Å². The van der Waals surface area contributed by atoms with Gasteiger partial charge in [-0.15, -0.1) is 0 Å². The molecule has 1 fully saturated rings. The molecule has 1 aromatic carbocycles. The second-order valence-electron chi connectivity index (χ2n) is 6.83. The Balaban J connectivity index is 1.51. The van der Waals surface area contributed by atoms with Crippen molar-refractivity contribution >= 4 is 11.7 Å². The SMILES string of the molecule is Cc1cccc(N2CCN(C(=O)c3cc(C)nn3-c3ccccc3)CC2)n1. The molecule has 4 rings (SSSR count). The van der Waals surface area contributed by atoms with E-state index in [0.717, 1.165) is 36.0 Å². The molecule has 0 aliphatic carbocycles. The molecule has 1 amide bonds. The quantitative estimate of drug-likeness (QED) is 0.720. The van der Waals surface area contributed by atoms with Crippen molar-refractivity contribution < 1.29 is 4.79 Å². The van der Waals surface area contributed by atoms with Gasteiger partial charge in [0.2, 0.25) is 0 Å². The highest BCUT2D eigenvalue weighted by Gasteiger charge is 2.26. The van der Waals surface area contributed by atoms with E-state index >= 15 is 0 Å². The van der Waals surface area contributed by atoms with Crippen molar-refractivity contribution in [3.8, 4) is 5.69 Å². The first-order valence-electron chi connectivity index (χ1n) is 9.22. The van der Waals surface area contributed by atoms with Crippen LogP contribution in [0.1, 0.15) is 21.9 Å². The highest BCUT2D eigenvalue weighted by atomic mass is 16.2. The van der Waals surface area contributed by atoms with Gasteiger partial charge in [-0.3, -0.25) is 4.79 Å². The topological polar surface area (TPSA) is 54.3 Å². The smallest absolute Gasteiger partial charge is 0.272 e. The van der Waals surface area contributed by atoms with Gasteiger partial charge >= 0.3 is 0 Å². The highest BCUT2D eigenvalue weighted by Crippen LogP contribution is 2.18. The van der Waals surface area contributed by atoms with E-state index < -0.39 is 0 Å². The van der Waals surface area contributed by atoms with Crippen LogP contribution in [0.3, 0.4) is 0 Å². The summed E-state index contributed by atoms with van der Waals surface area (Å²) in [4.78, 5) is 21.9. The highest BCUT2D eigenvalue weighted by molar-refractivity contribution is 5.93. The summed E-state index contributed by atoms with van der Waals surface area (Å²) in [6.07, 6.45) is 0. The fourth-order valence-electron chi connectivity index (χ4n) is 3.42. The first kappa shape index (κ1) is 17.3. The Kier molecular flexibility index (Phi) is 4.62. The Bertz CT molecular complexity index is 942. The monoisotopic (exact) mass is 361 g/mol. The number of amides is 1. The van der Waals surface area contributed by atoms with Gasteiger partial charge in [0.25, 0.3) is 5.91 Å². The van der Waals surface area contributed by atoms with Crippen LogP contribution >= 0.6 is 0 Å². The summed E-state index contributed by atoms with van der Waals surface area (Å²) in [5, 5.41) is 4.52. The summed E-state index contributed by atoms with van der Waals surface area (Å²) in [5.41, 5.74) is 3.36. The maximum Gasteiger partial charge on any atom is 0.272 e. The number of hydrogen-bond acceptors (Lipinski definition) is 4. The molecule has 27 heavy (non-hydrogen) atoms. The lowest BCUT2D eigenvalue weighted by atomic mass is 10.2. The Labute approximate surface area is 159 Å². The number of aromatic nitrogens is 3. The Morgan fingerprint density at radius 2 is 1.63 bits per heavy atom. The number of benzene rings is 1. The maximum atomic E-state index is 13.1. The van der Waals surface area contributed by atoms with Crippen molar-refractivity contribution in [3.63, 3.8) is 0 Å². The molecular formula is C21H23N5O. The molecule has 1 aliphatic heterocycles. The fourth-order valence-corrected chi connectivity index (χ4v) is 3.42. The lowest BCUT2D eigenvalue weighted by Gasteiger charge is -2.35. The van der Waals surface area contributed by atoms with E-state index in [-0.39, 0.29) is 5.91 Å². The molecule has 0 saturated carbocycles. The molecule has 3 aromatic rings. The summed E-state index contributed by atoms with van der Waals surface area (Å²) < 4.78 is 1.74. The average Bonchev–Trinajstić information content (AvgIpc) is 3.10. The minimum absolute atomic E-state index is 0.0244. The molecule has 0 N–H and O–H groups in total. The minimum Gasteiger partial charge on any atom is -0.353 e. The third-order valence-corrected chi connectivity index (χ3v) is 4.82. The second kappa shape index (κ2) is 7.23. The Morgan fingerprint density at radius 1 is 0.889 bits per heavy atom. The van der Waals surface area contributed by atoms with Crippen LogP contribution in [-0.2, 0) is 0 Å². The molecule has 0 radical (unpaired) electrons. The minimum atomic E-state index is 0.0244. The van der Waals surface area contributed by atoms with Gasteiger partial charge in [0, 0.05) is 31.9 Å². The van der Waals surface area contributed by atoms with Crippen LogP contribution in [0.5, 0.6) is 0 Å². The lowest BCUT2D eigenvalue weighted by molar-refractivity contribution is 0.0737. The van der Waals surface area contributed by atoms with Gasteiger partial charge < -0.3 is 9.80 Å². The summed E-state index contributed by atoms with van der Waals surface area (Å²) >= 11 is 0. The number of carbonyl (C=O) groups excluding carboxylic acids is 1. The van der Waals surface area contributed by atoms with Gasteiger partial charge in [0.1, 0.15) is 11.5 Å². The number of anilines is 1. The molecular weight excluding hydrogens is 338 g/mol. The fraction of sp³-hybridized carbons (Fsp3) is 0.286. The molecule has 0 unspecified atom stereocenters. The molecule has 6 heteroatoms. The number of piperazine rings is 1. The van der Waals surface area contributed by atoms with Gasteiger partial charge in [-0.05, 0) is 44.2 Å². The molecule has 0 spiro atoms. The van der Waals surface area contributed by atoms with Gasteiger partial charge in [0.05, 0.1) is 11.4 Å². The third kappa shape index (κ3) is 3.56. The zero-order valence-electron chi connectivity index (χ0n) is 15.7. The molecule has 0 atom stereocenters. The normalized spacial score (nSPS) is 14.4. The van der Waals surface area contributed by atoms with Gasteiger partial charge in [0.15, 0.2) is 0 Å². The molecule has 1 aliphatic rings. The van der Waals surface area contributed by atoms with E-state index in [1.807, 2.05) is 73.3 Å². The number of nitrogens with zero attached hydrogens (tertiary/aromatic N) is 5. The molecule has 138 valence electrons. The zero-order chi connectivity index (χ0) is 18.8. The first-order valence-corrected chi connectivity index (χ1v) is 9.22. The van der Waals surface area contributed by atoms with Crippen molar-refractivity contribution in [2.45, 2.75) is 13.8 Å². The Hall–Kier alpha value is -3.15. The molecule has 2 aromatic heterocycles. The van der Waals surface area contributed by atoms with Crippen molar-refractivity contribution in [1.82, 2.24) is 19.7 Å². The van der Waals surface area contributed by atoms with Crippen LogP contribution in [0.25, 0.3) is 5.69 Å². The second-order valence-corrected chi connectivity index (χ2v) is 6.83. The van der Waals surface area contributed by atoms with E-state index in [2.05, 4.69) is 15.0 Å². The number of pyridine rings is 1. The number of rotatable bonds is 3. The number of aryl methyl sites for hydroxylation is 2. The van der Waals surface area contributed by atoms with Crippen molar-refractivity contribution in [3.05, 3.63) is 71.7 Å². The van der Waals surface area contributed by atoms with Crippen molar-refractivity contribution in [2.75, 3.05) is 31.1 Å². The predicted molar refractivity (Wildman–Crippen MR) is 105 cm³/mol. The van der Waals surface area contributed by atoms with Crippen LogP contribution in [0.2, 0.25) is 0 Å². The largest absolute Gasteiger partial charge is 0.353 e. The van der Waals surface area contributed by atoms with Crippen LogP contribution in [-0.4, -0.2) is 51.8 Å². The molecule has 3 heterocycles. The maximum absolute atomic E-state index is 13.1. The van der Waals surface area contributed by atoms with E-state index in [9.17, 15) is 4.79 Å². The third-order valence-electron chi connectivity index (χ3n) is 4.82. The van der Waals surface area contributed by atoms with Crippen LogP contribution < -0.4 is 4.90 Å².